The average Bonchev–Trinajstić information content (AvgIpc) is 2.84. The third kappa shape index (κ3) is 4.96. The summed E-state index contributed by atoms with van der Waals surface area (Å²) in [6, 6.07) is 13.3. The molecule has 0 spiro atoms. The Kier molecular flexibility index (Phi) is 7.63. The normalized spacial score (nSPS) is 11.4. The number of ether oxygens (including phenoxy) is 3. The molecular weight excluding hydrogens is 424 g/mol. The Morgan fingerprint density at radius 2 is 1.82 bits per heavy atom. The number of benzene rings is 3. The van der Waals surface area contributed by atoms with Crippen LogP contribution in [0.3, 0.4) is 0 Å². The Balaban J connectivity index is 2.26. The molecule has 0 fully saturated rings. The first-order chi connectivity index (χ1) is 15.9. The van der Waals surface area contributed by atoms with Gasteiger partial charge in [0.2, 0.25) is 0 Å². The monoisotopic (exact) mass is 450 g/mol. The number of esters is 1. The van der Waals surface area contributed by atoms with Gasteiger partial charge in [-0.25, -0.2) is 4.79 Å². The lowest BCUT2D eigenvalue weighted by Gasteiger charge is -2.23. The summed E-state index contributed by atoms with van der Waals surface area (Å²) in [7, 11) is 2.92. The third-order valence-corrected chi connectivity index (χ3v) is 5.19. The molecule has 3 aromatic rings. The second-order valence-corrected chi connectivity index (χ2v) is 7.56. The standard InChI is InChI=1S/C25H26N2O6/c1-15(2)10-13-20(33-25(28)16-8-6-5-7-9-16)17-14-21(31-3)22-18(26-29)11-12-19(27-30)23(22)24(17)32-4/h5-12,14,20,26,29H,13H2,1-4H3/t20-/m0/s1. The predicted octanol–water partition coefficient (Wildman–Crippen LogP) is 6.31. The van der Waals surface area contributed by atoms with Crippen LogP contribution in [0.1, 0.15) is 42.3 Å². The van der Waals surface area contributed by atoms with Gasteiger partial charge in [-0.15, -0.1) is 4.91 Å². The summed E-state index contributed by atoms with van der Waals surface area (Å²) in [5, 5.41) is 13.5. The molecule has 172 valence electrons. The van der Waals surface area contributed by atoms with E-state index in [0.29, 0.717) is 45.5 Å². The van der Waals surface area contributed by atoms with Crippen molar-refractivity contribution in [2.45, 2.75) is 26.4 Å². The fraction of sp³-hybridized carbons (Fsp3) is 0.240. The molecule has 0 unspecified atom stereocenters. The first-order valence-electron chi connectivity index (χ1n) is 10.3. The summed E-state index contributed by atoms with van der Waals surface area (Å²) in [5.74, 6) is 0.148. The SMILES string of the molecule is COc1cc([C@H](CC=C(C)C)OC(=O)c2ccccc2)c(OC)c2c(N=O)ccc(NO)c12. The molecule has 0 aliphatic heterocycles. The number of nitrogens with zero attached hydrogens (tertiary/aromatic N) is 1. The Labute approximate surface area is 191 Å². The van der Waals surface area contributed by atoms with Gasteiger partial charge in [0.15, 0.2) is 0 Å². The van der Waals surface area contributed by atoms with E-state index in [1.165, 1.54) is 26.4 Å². The molecule has 0 aromatic heterocycles. The highest BCUT2D eigenvalue weighted by atomic mass is 16.5. The zero-order chi connectivity index (χ0) is 24.0. The first kappa shape index (κ1) is 23.7. The first-order valence-corrected chi connectivity index (χ1v) is 10.3. The maximum atomic E-state index is 12.9. The zero-order valence-electron chi connectivity index (χ0n) is 18.9. The van der Waals surface area contributed by atoms with Gasteiger partial charge in [0.1, 0.15) is 23.3 Å². The van der Waals surface area contributed by atoms with E-state index >= 15 is 0 Å². The van der Waals surface area contributed by atoms with Gasteiger partial charge >= 0.3 is 5.97 Å². The number of fused-ring (bicyclic) bond motifs is 1. The van der Waals surface area contributed by atoms with E-state index in [2.05, 4.69) is 10.7 Å². The molecule has 2 N–H and O–H groups in total. The Bertz CT molecular complexity index is 1190. The lowest BCUT2D eigenvalue weighted by molar-refractivity contribution is 0.0298. The van der Waals surface area contributed by atoms with Crippen molar-refractivity contribution in [2.75, 3.05) is 19.7 Å². The van der Waals surface area contributed by atoms with Gasteiger partial charge < -0.3 is 14.2 Å². The molecule has 0 heterocycles. The molecule has 8 heteroatoms. The second kappa shape index (κ2) is 10.6. The van der Waals surface area contributed by atoms with Crippen molar-refractivity contribution in [3.8, 4) is 11.5 Å². The summed E-state index contributed by atoms with van der Waals surface area (Å²) in [4.78, 5) is 24.5. The molecule has 0 aliphatic carbocycles. The number of methoxy groups -OCH3 is 2. The number of rotatable bonds is 9. The van der Waals surface area contributed by atoms with Gasteiger partial charge in [0, 0.05) is 12.0 Å². The number of carbonyl (C=O) groups is 1. The molecule has 0 saturated carbocycles. The fourth-order valence-corrected chi connectivity index (χ4v) is 3.64. The molecule has 3 rings (SSSR count). The molecule has 0 amide bonds. The smallest absolute Gasteiger partial charge is 0.338 e. The highest BCUT2D eigenvalue weighted by Gasteiger charge is 2.27. The molecule has 8 nitrogen and oxygen atoms in total. The van der Waals surface area contributed by atoms with Crippen molar-refractivity contribution in [1.82, 2.24) is 0 Å². The summed E-state index contributed by atoms with van der Waals surface area (Å²) in [6.45, 7) is 3.89. The summed E-state index contributed by atoms with van der Waals surface area (Å²) < 4.78 is 17.2. The van der Waals surface area contributed by atoms with E-state index in [4.69, 9.17) is 14.2 Å². The van der Waals surface area contributed by atoms with E-state index in [1.54, 1.807) is 30.3 Å². The van der Waals surface area contributed by atoms with Crippen molar-refractivity contribution in [3.63, 3.8) is 0 Å². The quantitative estimate of drug-likeness (QED) is 0.170. The van der Waals surface area contributed by atoms with Crippen LogP contribution < -0.4 is 15.0 Å². The van der Waals surface area contributed by atoms with Gasteiger partial charge in [0.25, 0.3) is 0 Å². The van der Waals surface area contributed by atoms with Crippen LogP contribution in [-0.4, -0.2) is 25.4 Å². The highest BCUT2D eigenvalue weighted by molar-refractivity contribution is 6.08. The number of hydrogen-bond donors (Lipinski definition) is 2. The molecule has 33 heavy (non-hydrogen) atoms. The molecule has 0 radical (unpaired) electrons. The molecular formula is C25H26N2O6. The van der Waals surface area contributed by atoms with Crippen molar-refractivity contribution in [2.24, 2.45) is 5.18 Å². The third-order valence-electron chi connectivity index (χ3n) is 5.19. The van der Waals surface area contributed by atoms with E-state index in [0.717, 1.165) is 5.57 Å². The van der Waals surface area contributed by atoms with Crippen molar-refractivity contribution in [3.05, 3.63) is 76.2 Å². The van der Waals surface area contributed by atoms with Crippen LogP contribution in [0.5, 0.6) is 11.5 Å². The van der Waals surface area contributed by atoms with Crippen LogP contribution in [0.25, 0.3) is 10.8 Å². The Hall–Kier alpha value is -3.91. The van der Waals surface area contributed by atoms with Crippen LogP contribution in [0, 0.1) is 4.91 Å². The molecule has 0 aliphatic rings. The second-order valence-electron chi connectivity index (χ2n) is 7.56. The van der Waals surface area contributed by atoms with E-state index in [-0.39, 0.29) is 5.69 Å². The van der Waals surface area contributed by atoms with Crippen LogP contribution in [0.15, 0.2) is 65.4 Å². The van der Waals surface area contributed by atoms with Gasteiger partial charge in [-0.1, -0.05) is 29.8 Å². The molecule has 0 saturated heterocycles. The largest absolute Gasteiger partial charge is 0.496 e. The lowest BCUT2D eigenvalue weighted by atomic mass is 9.96. The van der Waals surface area contributed by atoms with Crippen molar-refractivity contribution < 1.29 is 24.2 Å². The zero-order valence-corrected chi connectivity index (χ0v) is 18.9. The molecule has 3 aromatic carbocycles. The maximum Gasteiger partial charge on any atom is 0.338 e. The summed E-state index contributed by atoms with van der Waals surface area (Å²) >= 11 is 0. The number of allylic oxidation sites excluding steroid dienone is 1. The van der Waals surface area contributed by atoms with Gasteiger partial charge in [0.05, 0.1) is 36.2 Å². The number of anilines is 1. The van der Waals surface area contributed by atoms with Crippen LogP contribution in [-0.2, 0) is 4.74 Å². The van der Waals surface area contributed by atoms with Gasteiger partial charge in [-0.2, -0.15) is 0 Å². The summed E-state index contributed by atoms with van der Waals surface area (Å²) in [5.41, 5.74) is 4.48. The number of hydrogen-bond acceptors (Lipinski definition) is 8. The maximum absolute atomic E-state index is 12.9. The van der Waals surface area contributed by atoms with E-state index in [9.17, 15) is 14.9 Å². The predicted molar refractivity (Wildman–Crippen MR) is 127 cm³/mol. The Morgan fingerprint density at radius 1 is 1.09 bits per heavy atom. The number of nitroso groups, excluding NO2 is 1. The summed E-state index contributed by atoms with van der Waals surface area (Å²) in [6.07, 6.45) is 1.57. The van der Waals surface area contributed by atoms with Gasteiger partial charge in [-0.3, -0.25) is 10.7 Å². The lowest BCUT2D eigenvalue weighted by Crippen LogP contribution is -2.13. The van der Waals surface area contributed by atoms with Crippen LogP contribution in [0.2, 0.25) is 0 Å². The topological polar surface area (TPSA) is 106 Å². The highest BCUT2D eigenvalue weighted by Crippen LogP contribution is 2.48. The van der Waals surface area contributed by atoms with E-state index in [1.807, 2.05) is 26.0 Å². The fourth-order valence-electron chi connectivity index (χ4n) is 3.64. The molecule has 1 atom stereocenters. The van der Waals surface area contributed by atoms with E-state index < -0.39 is 12.1 Å². The van der Waals surface area contributed by atoms with Crippen LogP contribution >= 0.6 is 0 Å². The Morgan fingerprint density at radius 3 is 2.39 bits per heavy atom. The minimum atomic E-state index is -0.744. The molecule has 0 bridgehead atoms. The average molecular weight is 450 g/mol. The van der Waals surface area contributed by atoms with Crippen molar-refractivity contribution in [1.29, 1.82) is 0 Å². The number of carbonyl (C=O) groups excluding carboxylic acids is 1. The van der Waals surface area contributed by atoms with Crippen molar-refractivity contribution >= 4 is 28.1 Å². The number of nitrogens with one attached hydrogen (secondary N) is 1. The minimum absolute atomic E-state index is 0.0938. The van der Waals surface area contributed by atoms with Crippen LogP contribution in [0.4, 0.5) is 11.4 Å². The minimum Gasteiger partial charge on any atom is -0.496 e. The van der Waals surface area contributed by atoms with Gasteiger partial charge in [-0.05, 0) is 49.4 Å².